The van der Waals surface area contributed by atoms with Crippen LogP contribution in [-0.2, 0) is 41.0 Å². The molecule has 6 heterocycles. The van der Waals surface area contributed by atoms with Gasteiger partial charge in [0, 0.05) is 33.1 Å². The normalized spacial score (nSPS) is 25.7. The summed E-state index contributed by atoms with van der Waals surface area (Å²) in [6.45, 7) is 6.91. The molecule has 6 aromatic rings. The molecule has 0 spiro atoms. The van der Waals surface area contributed by atoms with E-state index in [1.807, 2.05) is 38.1 Å². The van der Waals surface area contributed by atoms with E-state index in [2.05, 4.69) is 71.4 Å². The third-order valence-corrected chi connectivity index (χ3v) is 16.6. The van der Waals surface area contributed by atoms with Gasteiger partial charge in [0.25, 0.3) is 0 Å². The molecule has 4 N–H and O–H groups in total. The molecule has 24 heteroatoms. The van der Waals surface area contributed by atoms with Crippen molar-refractivity contribution in [1.82, 2.24) is 39.5 Å². The number of hydrogen-bond acceptors (Lipinski definition) is 16. The highest BCUT2D eigenvalue weighted by Crippen LogP contribution is 2.46. The summed E-state index contributed by atoms with van der Waals surface area (Å²) in [6.07, 6.45) is 1.41. The number of aliphatic hydroxyl groups excluding tert-OH is 2. The molecule has 4 aromatic heterocycles. The molecule has 2 aliphatic carbocycles. The average molecular weight is 1070 g/mol. The van der Waals surface area contributed by atoms with Crippen LogP contribution in [0.3, 0.4) is 0 Å². The summed E-state index contributed by atoms with van der Waals surface area (Å²) < 4.78 is 44.4. The van der Waals surface area contributed by atoms with Gasteiger partial charge >= 0.3 is 13.6 Å². The molecule has 0 amide bonds. The van der Waals surface area contributed by atoms with E-state index in [1.54, 1.807) is 30.4 Å². The van der Waals surface area contributed by atoms with E-state index in [4.69, 9.17) is 47.2 Å². The number of anilines is 2. The Bertz CT molecular complexity index is 3040. The van der Waals surface area contributed by atoms with Gasteiger partial charge in [-0.25, -0.2) is 9.36 Å². The number of aliphatic hydroxyl groups is 2. The van der Waals surface area contributed by atoms with Gasteiger partial charge in [0.1, 0.15) is 23.8 Å². The summed E-state index contributed by atoms with van der Waals surface area (Å²) in [5.41, 5.74) is 5.99. The van der Waals surface area contributed by atoms with Crippen LogP contribution in [0, 0.1) is 5.92 Å². The van der Waals surface area contributed by atoms with Crippen LogP contribution in [0.5, 0.6) is 0 Å². The van der Waals surface area contributed by atoms with E-state index >= 15 is 0 Å². The lowest BCUT2D eigenvalue weighted by atomic mass is 9.98. The fourth-order valence-electron chi connectivity index (χ4n) is 10.5. The van der Waals surface area contributed by atoms with Gasteiger partial charge in [-0.15, -0.1) is 0 Å². The van der Waals surface area contributed by atoms with Gasteiger partial charge in [-0.05, 0) is 97.3 Å². The fraction of sp³-hybridized carbons (Fsp3) is 0.521. The smallest absolute Gasteiger partial charge is 0.325 e. The molecule has 2 fully saturated rings. The maximum Gasteiger partial charge on any atom is 0.325 e. The number of halogens is 2. The Balaban J connectivity index is 0.000000191. The molecular formula is C48H62Cl2N10O10P2. The second-order valence-electron chi connectivity index (χ2n) is 19.3. The third kappa shape index (κ3) is 11.0. The Kier molecular flexibility index (Phi) is 15.9. The Hall–Kier alpha value is -4.59. The van der Waals surface area contributed by atoms with Crippen LogP contribution in [-0.4, -0.2) is 136 Å². The van der Waals surface area contributed by atoms with Crippen molar-refractivity contribution in [2.45, 2.75) is 115 Å². The molecule has 0 saturated carbocycles. The lowest BCUT2D eigenvalue weighted by Crippen LogP contribution is -2.32. The highest BCUT2D eigenvalue weighted by atomic mass is 35.5. The summed E-state index contributed by atoms with van der Waals surface area (Å²) in [7, 11) is -2.55. The number of hydrogen-bond donors (Lipinski definition) is 4. The highest BCUT2D eigenvalue weighted by Gasteiger charge is 2.47. The van der Waals surface area contributed by atoms with E-state index in [-0.39, 0.29) is 48.5 Å². The first-order valence-corrected chi connectivity index (χ1v) is 28.9. The number of rotatable bonds is 13. The standard InChI is InChI=1S/C26H33ClN5O4P.C21H25ClN5O6P.CH4/c1-15-21(12-13-37(4,5)34)36-25(22(15)35-16(2)33)32-24-19(14-28-32)23(29-26(27)30-24)31(3)20-11-10-17-8-6-7-9-18(17)20;1-26(14-7-6-11-4-2-3-5-12(11)14)18-13-10-23-27(19(13)25-21(22)24-18)20-17(29)16(28)15(33-20)8-9-34(30,31)32;/h6-9,14-15,20-22,25H,10-13H2,1-5H3;2-5,10,14-17,20,28-29H,6-9H2,1H3,(H2,30,31,32);1H4/t15-,20+,21-,22?,25-;14-,15+,16+,17+,20+;/m10./s1. The second kappa shape index (κ2) is 21.3. The van der Waals surface area contributed by atoms with Crippen molar-refractivity contribution in [2.75, 3.05) is 49.5 Å². The predicted molar refractivity (Wildman–Crippen MR) is 274 cm³/mol. The number of fused-ring (bicyclic) bond motifs is 4. The zero-order chi connectivity index (χ0) is 50.7. The fourth-order valence-corrected chi connectivity index (χ4v) is 12.3. The van der Waals surface area contributed by atoms with Crippen LogP contribution in [0.4, 0.5) is 11.6 Å². The van der Waals surface area contributed by atoms with Crippen molar-refractivity contribution in [3.63, 3.8) is 0 Å². The number of aryl methyl sites for hydroxylation is 2. The SMILES string of the molecule is C.CC(=O)OC1[C@H](n2ncc3c(N(C)[C@H]4CCc5ccccc54)nc(Cl)nc32)O[C@H](CCP(C)(C)=O)[C@H]1C.CN(c1nc(Cl)nc2c1cnn2[C@@H]1O[C@H](CCP(=O)(O)O)[C@@H](O)[C@H]1O)[C@H]1CCc2ccccc21. The van der Waals surface area contributed by atoms with Crippen molar-refractivity contribution in [1.29, 1.82) is 0 Å². The predicted octanol–water partition coefficient (Wildman–Crippen LogP) is 7.51. The van der Waals surface area contributed by atoms with Gasteiger partial charge in [-0.1, -0.05) is 62.9 Å². The molecule has 10 rings (SSSR count). The molecule has 2 saturated heterocycles. The van der Waals surface area contributed by atoms with Crippen LogP contribution < -0.4 is 9.80 Å². The van der Waals surface area contributed by atoms with Gasteiger partial charge in [0.15, 0.2) is 29.9 Å². The number of carbonyl (C=O) groups excluding carboxylic acids is 1. The minimum absolute atomic E-state index is 0. The first-order chi connectivity index (χ1) is 33.7. The van der Waals surface area contributed by atoms with Gasteiger partial charge in [0.2, 0.25) is 10.6 Å². The second-order valence-corrected chi connectivity index (χ2v) is 25.4. The summed E-state index contributed by atoms with van der Waals surface area (Å²) in [6, 6.07) is 17.0. The van der Waals surface area contributed by atoms with Crippen molar-refractivity contribution in [3.05, 3.63) is 93.7 Å². The topological polar surface area (TPSA) is 253 Å². The van der Waals surface area contributed by atoms with E-state index in [9.17, 15) is 24.1 Å². The van der Waals surface area contributed by atoms with Crippen LogP contribution in [0.2, 0.25) is 10.6 Å². The first-order valence-electron chi connectivity index (χ1n) is 23.5. The highest BCUT2D eigenvalue weighted by molar-refractivity contribution is 7.62. The molecule has 10 atom stereocenters. The van der Waals surface area contributed by atoms with Gasteiger partial charge < -0.3 is 48.6 Å². The van der Waals surface area contributed by atoms with Gasteiger partial charge in [-0.3, -0.25) is 9.36 Å². The largest absolute Gasteiger partial charge is 0.457 e. The van der Waals surface area contributed by atoms with Crippen molar-refractivity contribution < 1.29 is 48.1 Å². The van der Waals surface area contributed by atoms with Crippen molar-refractivity contribution in [2.24, 2.45) is 5.92 Å². The number of carbonyl (C=O) groups is 1. The lowest BCUT2D eigenvalue weighted by Gasteiger charge is -2.27. The molecule has 0 radical (unpaired) electrons. The molecule has 2 aromatic carbocycles. The van der Waals surface area contributed by atoms with Crippen molar-refractivity contribution in [3.8, 4) is 0 Å². The molecule has 2 aliphatic heterocycles. The summed E-state index contributed by atoms with van der Waals surface area (Å²) >= 11 is 12.7. The minimum atomic E-state index is -4.28. The number of nitrogens with zero attached hydrogens (tertiary/aromatic N) is 10. The molecular weight excluding hydrogens is 1010 g/mol. The molecule has 388 valence electrons. The summed E-state index contributed by atoms with van der Waals surface area (Å²) in [4.78, 5) is 52.3. The monoisotopic (exact) mass is 1070 g/mol. The third-order valence-electron chi connectivity index (χ3n) is 14.1. The van der Waals surface area contributed by atoms with E-state index < -0.39 is 63.7 Å². The Morgan fingerprint density at radius 2 is 1.22 bits per heavy atom. The average Bonchev–Trinajstić information content (AvgIpc) is 4.19. The Labute approximate surface area is 427 Å². The number of benzene rings is 2. The molecule has 20 nitrogen and oxygen atoms in total. The maximum atomic E-state index is 12.4. The van der Waals surface area contributed by atoms with E-state index in [0.717, 1.165) is 31.1 Å². The number of esters is 1. The lowest BCUT2D eigenvalue weighted by molar-refractivity contribution is -0.154. The quantitative estimate of drug-likeness (QED) is 0.0496. The molecule has 0 bridgehead atoms. The summed E-state index contributed by atoms with van der Waals surface area (Å²) in [5, 5.41) is 31.4. The maximum absolute atomic E-state index is 12.4. The molecule has 72 heavy (non-hydrogen) atoms. The van der Waals surface area contributed by atoms with Crippen molar-refractivity contribution >= 4 is 77.6 Å². The van der Waals surface area contributed by atoms with Crippen LogP contribution in [0.25, 0.3) is 22.1 Å². The number of aromatic nitrogens is 8. The molecule has 4 aliphatic rings. The zero-order valence-corrected chi connectivity index (χ0v) is 43.4. The summed E-state index contributed by atoms with van der Waals surface area (Å²) in [5.74, 6) is 0.753. The minimum Gasteiger partial charge on any atom is -0.457 e. The van der Waals surface area contributed by atoms with Crippen LogP contribution in [0.1, 0.15) is 93.8 Å². The molecule has 1 unspecified atom stereocenters. The van der Waals surface area contributed by atoms with Gasteiger partial charge in [0.05, 0.1) is 60.8 Å². The first kappa shape index (κ1) is 53.7. The Morgan fingerprint density at radius 3 is 1.71 bits per heavy atom. The van der Waals surface area contributed by atoms with Crippen LogP contribution >= 0.6 is 37.9 Å². The van der Waals surface area contributed by atoms with Crippen LogP contribution in [0.15, 0.2) is 60.9 Å². The van der Waals surface area contributed by atoms with Gasteiger partial charge in [-0.2, -0.15) is 30.1 Å². The Morgan fingerprint density at radius 1 is 0.750 bits per heavy atom. The van der Waals surface area contributed by atoms with E-state index in [0.29, 0.717) is 40.9 Å². The van der Waals surface area contributed by atoms with E-state index in [1.165, 1.54) is 33.9 Å². The zero-order valence-electron chi connectivity index (χ0n) is 40.1. The number of ether oxygens (including phenoxy) is 3.